The third kappa shape index (κ3) is 3.26. The first kappa shape index (κ1) is 16.0. The summed E-state index contributed by atoms with van der Waals surface area (Å²) in [4.78, 5) is 8.90. The number of aryl methyl sites for hydroxylation is 2. The van der Waals surface area contributed by atoms with Crippen LogP contribution in [0.25, 0.3) is 0 Å². The molecule has 0 bridgehead atoms. The Bertz CT molecular complexity index is 808. The molecule has 122 valence electrons. The van der Waals surface area contributed by atoms with Crippen LogP contribution in [0, 0.1) is 13.8 Å². The zero-order valence-electron chi connectivity index (χ0n) is 13.1. The Labute approximate surface area is 136 Å². The number of ether oxygens (including phenoxy) is 1. The van der Waals surface area contributed by atoms with E-state index in [2.05, 4.69) is 9.97 Å². The van der Waals surface area contributed by atoms with Gasteiger partial charge in [0.25, 0.3) is 0 Å². The SMILES string of the molecule is Cc1ccnc([C@H]2CN(S(=O)(=O)c3ccccc3C)CCO2)n1. The lowest BCUT2D eigenvalue weighted by Crippen LogP contribution is -2.42. The van der Waals surface area contributed by atoms with Crippen LogP contribution in [-0.4, -0.2) is 42.4 Å². The molecular formula is C16H19N3O3S. The lowest BCUT2D eigenvalue weighted by Gasteiger charge is -2.31. The van der Waals surface area contributed by atoms with Crippen molar-refractivity contribution in [1.82, 2.24) is 14.3 Å². The molecule has 1 fully saturated rings. The van der Waals surface area contributed by atoms with Crippen LogP contribution in [0.1, 0.15) is 23.2 Å². The molecular weight excluding hydrogens is 314 g/mol. The van der Waals surface area contributed by atoms with Crippen LogP contribution in [0.5, 0.6) is 0 Å². The molecule has 1 aliphatic rings. The van der Waals surface area contributed by atoms with Crippen molar-refractivity contribution in [3.05, 3.63) is 53.6 Å². The van der Waals surface area contributed by atoms with E-state index in [0.29, 0.717) is 23.9 Å². The predicted octanol–water partition coefficient (Wildman–Crippen LogP) is 1.86. The molecule has 1 atom stereocenters. The fourth-order valence-electron chi connectivity index (χ4n) is 2.61. The van der Waals surface area contributed by atoms with Gasteiger partial charge < -0.3 is 4.74 Å². The van der Waals surface area contributed by atoms with Gasteiger partial charge in [-0.25, -0.2) is 18.4 Å². The Morgan fingerprint density at radius 3 is 2.74 bits per heavy atom. The van der Waals surface area contributed by atoms with Gasteiger partial charge in [0, 0.05) is 25.0 Å². The second-order valence-corrected chi connectivity index (χ2v) is 7.45. The smallest absolute Gasteiger partial charge is 0.243 e. The second kappa shape index (κ2) is 6.35. The molecule has 1 saturated heterocycles. The van der Waals surface area contributed by atoms with E-state index in [1.165, 1.54) is 4.31 Å². The molecule has 1 aliphatic heterocycles. The van der Waals surface area contributed by atoms with E-state index in [1.54, 1.807) is 37.4 Å². The van der Waals surface area contributed by atoms with Crippen molar-refractivity contribution in [1.29, 1.82) is 0 Å². The van der Waals surface area contributed by atoms with E-state index in [9.17, 15) is 8.42 Å². The molecule has 2 heterocycles. The molecule has 1 aromatic carbocycles. The van der Waals surface area contributed by atoms with Gasteiger partial charge in [-0.1, -0.05) is 18.2 Å². The lowest BCUT2D eigenvalue weighted by molar-refractivity contribution is -0.00762. The Morgan fingerprint density at radius 2 is 2.00 bits per heavy atom. The van der Waals surface area contributed by atoms with E-state index in [-0.39, 0.29) is 6.54 Å². The summed E-state index contributed by atoms with van der Waals surface area (Å²) >= 11 is 0. The second-order valence-electron chi connectivity index (χ2n) is 5.54. The maximum Gasteiger partial charge on any atom is 0.243 e. The summed E-state index contributed by atoms with van der Waals surface area (Å²) < 4.78 is 32.9. The highest BCUT2D eigenvalue weighted by molar-refractivity contribution is 7.89. The average molecular weight is 333 g/mol. The van der Waals surface area contributed by atoms with Gasteiger partial charge in [-0.3, -0.25) is 0 Å². The van der Waals surface area contributed by atoms with Crippen molar-refractivity contribution >= 4 is 10.0 Å². The summed E-state index contributed by atoms with van der Waals surface area (Å²) in [5.74, 6) is 0.523. The van der Waals surface area contributed by atoms with Crippen LogP contribution in [0.3, 0.4) is 0 Å². The molecule has 0 radical (unpaired) electrons. The van der Waals surface area contributed by atoms with Gasteiger partial charge in [-0.05, 0) is 31.5 Å². The van der Waals surface area contributed by atoms with Crippen LogP contribution in [0.4, 0.5) is 0 Å². The number of morpholine rings is 1. The van der Waals surface area contributed by atoms with Crippen molar-refractivity contribution in [2.24, 2.45) is 0 Å². The summed E-state index contributed by atoms with van der Waals surface area (Å²) in [5, 5.41) is 0. The molecule has 1 aromatic heterocycles. The van der Waals surface area contributed by atoms with Gasteiger partial charge in [-0.2, -0.15) is 4.31 Å². The zero-order chi connectivity index (χ0) is 16.4. The van der Waals surface area contributed by atoms with Crippen molar-refractivity contribution in [2.75, 3.05) is 19.7 Å². The number of rotatable bonds is 3. The topological polar surface area (TPSA) is 72.4 Å². The highest BCUT2D eigenvalue weighted by Crippen LogP contribution is 2.26. The van der Waals surface area contributed by atoms with E-state index in [1.807, 2.05) is 13.0 Å². The van der Waals surface area contributed by atoms with Crippen molar-refractivity contribution in [3.8, 4) is 0 Å². The third-order valence-corrected chi connectivity index (χ3v) is 5.87. The Hall–Kier alpha value is -1.83. The summed E-state index contributed by atoms with van der Waals surface area (Å²) in [7, 11) is -3.55. The quantitative estimate of drug-likeness (QED) is 0.857. The fraction of sp³-hybridized carbons (Fsp3) is 0.375. The maximum absolute atomic E-state index is 12.9. The normalized spacial score (nSPS) is 19.7. The summed E-state index contributed by atoms with van der Waals surface area (Å²) in [6.45, 7) is 4.55. The molecule has 7 heteroatoms. The molecule has 0 N–H and O–H groups in total. The molecule has 0 saturated carbocycles. The van der Waals surface area contributed by atoms with Crippen LogP contribution in [0.2, 0.25) is 0 Å². The van der Waals surface area contributed by atoms with E-state index >= 15 is 0 Å². The fourth-order valence-corrected chi connectivity index (χ4v) is 4.26. The minimum Gasteiger partial charge on any atom is -0.367 e. The van der Waals surface area contributed by atoms with Crippen LogP contribution < -0.4 is 0 Å². The van der Waals surface area contributed by atoms with Gasteiger partial charge in [0.2, 0.25) is 10.0 Å². The van der Waals surface area contributed by atoms with Gasteiger partial charge in [-0.15, -0.1) is 0 Å². The van der Waals surface area contributed by atoms with Crippen molar-refractivity contribution < 1.29 is 13.2 Å². The van der Waals surface area contributed by atoms with Crippen LogP contribution in [0.15, 0.2) is 41.4 Å². The van der Waals surface area contributed by atoms with Crippen molar-refractivity contribution in [3.63, 3.8) is 0 Å². The maximum atomic E-state index is 12.9. The number of hydrogen-bond donors (Lipinski definition) is 0. The highest BCUT2D eigenvalue weighted by Gasteiger charge is 2.33. The first-order valence-corrected chi connectivity index (χ1v) is 8.89. The molecule has 6 nitrogen and oxygen atoms in total. The Kier molecular flexibility index (Phi) is 4.43. The Morgan fingerprint density at radius 1 is 1.22 bits per heavy atom. The number of nitrogens with zero attached hydrogens (tertiary/aromatic N) is 3. The zero-order valence-corrected chi connectivity index (χ0v) is 14.0. The summed E-state index contributed by atoms with van der Waals surface area (Å²) in [6, 6.07) is 8.81. The predicted molar refractivity (Wildman–Crippen MR) is 85.4 cm³/mol. The molecule has 3 rings (SSSR count). The number of benzene rings is 1. The molecule has 0 aliphatic carbocycles. The molecule has 2 aromatic rings. The van der Waals surface area contributed by atoms with Crippen molar-refractivity contribution in [2.45, 2.75) is 24.8 Å². The number of hydrogen-bond acceptors (Lipinski definition) is 5. The van der Waals surface area contributed by atoms with Gasteiger partial charge in [0.15, 0.2) is 5.82 Å². The minimum absolute atomic E-state index is 0.222. The Balaban J connectivity index is 1.88. The minimum atomic E-state index is -3.55. The first-order chi connectivity index (χ1) is 11.0. The standard InChI is InChI=1S/C16H19N3O3S/c1-12-5-3-4-6-15(12)23(20,21)19-9-10-22-14(11-19)16-17-8-7-13(2)18-16/h3-8,14H,9-11H2,1-2H3/t14-/m1/s1. The van der Waals surface area contributed by atoms with E-state index in [4.69, 9.17) is 4.74 Å². The highest BCUT2D eigenvalue weighted by atomic mass is 32.2. The molecule has 23 heavy (non-hydrogen) atoms. The van der Waals surface area contributed by atoms with Crippen LogP contribution >= 0.6 is 0 Å². The molecule has 0 unspecified atom stereocenters. The molecule has 0 spiro atoms. The average Bonchev–Trinajstić information content (AvgIpc) is 2.55. The molecule has 0 amide bonds. The van der Waals surface area contributed by atoms with Gasteiger partial charge >= 0.3 is 0 Å². The van der Waals surface area contributed by atoms with Gasteiger partial charge in [0.05, 0.1) is 11.5 Å². The first-order valence-electron chi connectivity index (χ1n) is 7.45. The lowest BCUT2D eigenvalue weighted by atomic mass is 10.2. The third-order valence-electron chi connectivity index (χ3n) is 3.84. The van der Waals surface area contributed by atoms with Gasteiger partial charge in [0.1, 0.15) is 6.10 Å². The largest absolute Gasteiger partial charge is 0.367 e. The number of aromatic nitrogens is 2. The summed E-state index contributed by atoms with van der Waals surface area (Å²) in [6.07, 6.45) is 1.22. The monoisotopic (exact) mass is 333 g/mol. The van der Waals surface area contributed by atoms with Crippen LogP contribution in [-0.2, 0) is 14.8 Å². The summed E-state index contributed by atoms with van der Waals surface area (Å²) in [5.41, 5.74) is 1.57. The van der Waals surface area contributed by atoms with E-state index < -0.39 is 16.1 Å². The number of sulfonamides is 1. The van der Waals surface area contributed by atoms with E-state index in [0.717, 1.165) is 11.3 Å².